The predicted octanol–water partition coefficient (Wildman–Crippen LogP) is 2.04. The van der Waals surface area contributed by atoms with E-state index in [1.165, 1.54) is 0 Å². The number of carboxylic acid groups (broad SMARTS) is 1. The maximum atomic E-state index is 10.8. The summed E-state index contributed by atoms with van der Waals surface area (Å²) in [4.78, 5) is 10.8. The molecule has 0 unspecified atom stereocenters. The maximum Gasteiger partial charge on any atom is 0.336 e. The van der Waals surface area contributed by atoms with E-state index in [0.29, 0.717) is 5.56 Å². The second-order valence-electron chi connectivity index (χ2n) is 3.04. The molecule has 13 heavy (non-hydrogen) atoms. The Morgan fingerprint density at radius 2 is 2.00 bits per heavy atom. The molecular weight excluding hydrogens is 166 g/mol. The van der Waals surface area contributed by atoms with E-state index in [2.05, 4.69) is 5.32 Å². The fourth-order valence-electron chi connectivity index (χ4n) is 1.34. The summed E-state index contributed by atoms with van der Waals surface area (Å²) in [5, 5.41) is 11.9. The molecule has 0 fully saturated rings. The molecule has 70 valence electrons. The van der Waals surface area contributed by atoms with E-state index < -0.39 is 5.97 Å². The fraction of sp³-hybridized carbons (Fsp3) is 0.300. The highest BCUT2D eigenvalue weighted by atomic mass is 16.4. The second-order valence-corrected chi connectivity index (χ2v) is 3.04. The van der Waals surface area contributed by atoms with Gasteiger partial charge in [-0.25, -0.2) is 4.79 Å². The fourth-order valence-corrected chi connectivity index (χ4v) is 1.34. The lowest BCUT2D eigenvalue weighted by atomic mass is 10.0. The van der Waals surface area contributed by atoms with Crippen LogP contribution in [0, 0.1) is 13.8 Å². The largest absolute Gasteiger partial charge is 0.478 e. The van der Waals surface area contributed by atoms with Gasteiger partial charge >= 0.3 is 5.97 Å². The van der Waals surface area contributed by atoms with Crippen molar-refractivity contribution in [1.29, 1.82) is 0 Å². The standard InChI is InChI=1S/C10H13NO2/c1-6-4-8(10(12)13)7(2)9(5-6)11-3/h4-5,11H,1-3H3,(H,12,13). The average Bonchev–Trinajstić information content (AvgIpc) is 2.08. The van der Waals surface area contributed by atoms with Crippen LogP contribution in [0.1, 0.15) is 21.5 Å². The second kappa shape index (κ2) is 3.47. The lowest BCUT2D eigenvalue weighted by Gasteiger charge is -2.09. The van der Waals surface area contributed by atoms with Crippen LogP contribution in [-0.4, -0.2) is 18.1 Å². The molecule has 0 saturated carbocycles. The van der Waals surface area contributed by atoms with E-state index in [1.807, 2.05) is 13.0 Å². The van der Waals surface area contributed by atoms with Gasteiger partial charge in [0.05, 0.1) is 5.56 Å². The van der Waals surface area contributed by atoms with Gasteiger partial charge in [-0.3, -0.25) is 0 Å². The molecule has 0 aliphatic rings. The zero-order valence-electron chi connectivity index (χ0n) is 8.01. The lowest BCUT2D eigenvalue weighted by molar-refractivity contribution is 0.0696. The van der Waals surface area contributed by atoms with Crippen LogP contribution in [0.5, 0.6) is 0 Å². The van der Waals surface area contributed by atoms with Crippen LogP contribution in [0.4, 0.5) is 5.69 Å². The molecule has 0 aliphatic carbocycles. The molecule has 0 radical (unpaired) electrons. The minimum atomic E-state index is -0.877. The van der Waals surface area contributed by atoms with Crippen molar-refractivity contribution in [3.8, 4) is 0 Å². The molecule has 0 spiro atoms. The molecule has 3 heteroatoms. The monoisotopic (exact) mass is 179 g/mol. The lowest BCUT2D eigenvalue weighted by Crippen LogP contribution is -2.03. The number of carboxylic acids is 1. The van der Waals surface area contributed by atoms with Gasteiger partial charge in [-0.05, 0) is 37.1 Å². The molecule has 0 amide bonds. The first-order valence-corrected chi connectivity index (χ1v) is 4.08. The highest BCUT2D eigenvalue weighted by molar-refractivity contribution is 5.91. The Morgan fingerprint density at radius 3 is 2.46 bits per heavy atom. The number of benzene rings is 1. The van der Waals surface area contributed by atoms with Crippen molar-refractivity contribution in [1.82, 2.24) is 0 Å². The van der Waals surface area contributed by atoms with Crippen LogP contribution < -0.4 is 5.32 Å². The number of carbonyl (C=O) groups is 1. The van der Waals surface area contributed by atoms with Gasteiger partial charge in [-0.1, -0.05) is 0 Å². The molecule has 0 atom stereocenters. The highest BCUT2D eigenvalue weighted by Crippen LogP contribution is 2.20. The van der Waals surface area contributed by atoms with E-state index in [-0.39, 0.29) is 0 Å². The topological polar surface area (TPSA) is 49.3 Å². The highest BCUT2D eigenvalue weighted by Gasteiger charge is 2.10. The zero-order chi connectivity index (χ0) is 10.0. The molecule has 0 heterocycles. The van der Waals surface area contributed by atoms with Gasteiger partial charge in [0.15, 0.2) is 0 Å². The Labute approximate surface area is 77.4 Å². The van der Waals surface area contributed by atoms with E-state index in [0.717, 1.165) is 16.8 Å². The first kappa shape index (κ1) is 9.58. The minimum Gasteiger partial charge on any atom is -0.478 e. The van der Waals surface area contributed by atoms with E-state index in [4.69, 9.17) is 5.11 Å². The van der Waals surface area contributed by atoms with E-state index in [9.17, 15) is 4.79 Å². The third-order valence-electron chi connectivity index (χ3n) is 2.05. The zero-order valence-corrected chi connectivity index (χ0v) is 8.01. The van der Waals surface area contributed by atoms with Crippen molar-refractivity contribution in [3.05, 3.63) is 28.8 Å². The molecule has 0 aromatic heterocycles. The molecule has 0 saturated heterocycles. The number of hydrogen-bond acceptors (Lipinski definition) is 2. The SMILES string of the molecule is CNc1cc(C)cc(C(=O)O)c1C. The number of nitrogens with one attached hydrogen (secondary N) is 1. The van der Waals surface area contributed by atoms with Crippen molar-refractivity contribution >= 4 is 11.7 Å². The number of aryl methyl sites for hydroxylation is 1. The molecule has 0 bridgehead atoms. The first-order chi connectivity index (χ1) is 6.06. The summed E-state index contributed by atoms with van der Waals surface area (Å²) in [6.45, 7) is 3.68. The Bertz CT molecular complexity index is 345. The van der Waals surface area contributed by atoms with Gasteiger partial charge in [0.2, 0.25) is 0 Å². The van der Waals surface area contributed by atoms with Crippen LogP contribution in [0.15, 0.2) is 12.1 Å². The van der Waals surface area contributed by atoms with Crippen molar-refractivity contribution in [2.75, 3.05) is 12.4 Å². The van der Waals surface area contributed by atoms with Crippen LogP contribution in [-0.2, 0) is 0 Å². The Hall–Kier alpha value is -1.51. The Balaban J connectivity index is 3.35. The third-order valence-corrected chi connectivity index (χ3v) is 2.05. The van der Waals surface area contributed by atoms with Crippen molar-refractivity contribution in [2.45, 2.75) is 13.8 Å². The summed E-state index contributed by atoms with van der Waals surface area (Å²) >= 11 is 0. The summed E-state index contributed by atoms with van der Waals surface area (Å²) in [5.74, 6) is -0.877. The molecule has 3 nitrogen and oxygen atoms in total. The van der Waals surface area contributed by atoms with E-state index in [1.54, 1.807) is 20.0 Å². The van der Waals surface area contributed by atoms with Gasteiger partial charge in [-0.2, -0.15) is 0 Å². The van der Waals surface area contributed by atoms with Crippen molar-refractivity contribution < 1.29 is 9.90 Å². The molecule has 2 N–H and O–H groups in total. The smallest absolute Gasteiger partial charge is 0.336 e. The molecule has 1 aromatic rings. The molecule has 1 rings (SSSR count). The summed E-state index contributed by atoms with van der Waals surface area (Å²) in [7, 11) is 1.79. The predicted molar refractivity (Wildman–Crippen MR) is 52.4 cm³/mol. The quantitative estimate of drug-likeness (QED) is 0.730. The molecular formula is C10H13NO2. The van der Waals surface area contributed by atoms with Gasteiger partial charge < -0.3 is 10.4 Å². The van der Waals surface area contributed by atoms with E-state index >= 15 is 0 Å². The number of rotatable bonds is 2. The van der Waals surface area contributed by atoms with Crippen LogP contribution in [0.2, 0.25) is 0 Å². The van der Waals surface area contributed by atoms with Crippen LogP contribution in [0.25, 0.3) is 0 Å². The average molecular weight is 179 g/mol. The minimum absolute atomic E-state index is 0.365. The third kappa shape index (κ3) is 1.80. The van der Waals surface area contributed by atoms with Crippen LogP contribution in [0.3, 0.4) is 0 Å². The summed E-state index contributed by atoms with van der Waals surface area (Å²) < 4.78 is 0. The van der Waals surface area contributed by atoms with Gasteiger partial charge in [0.1, 0.15) is 0 Å². The van der Waals surface area contributed by atoms with Gasteiger partial charge in [-0.15, -0.1) is 0 Å². The number of aromatic carboxylic acids is 1. The van der Waals surface area contributed by atoms with Crippen molar-refractivity contribution in [3.63, 3.8) is 0 Å². The molecule has 1 aromatic carbocycles. The normalized spacial score (nSPS) is 9.77. The summed E-state index contributed by atoms with van der Waals surface area (Å²) in [6.07, 6.45) is 0. The first-order valence-electron chi connectivity index (χ1n) is 4.08. The van der Waals surface area contributed by atoms with Gasteiger partial charge in [0.25, 0.3) is 0 Å². The van der Waals surface area contributed by atoms with Crippen LogP contribution >= 0.6 is 0 Å². The molecule has 0 aliphatic heterocycles. The van der Waals surface area contributed by atoms with Crippen molar-refractivity contribution in [2.24, 2.45) is 0 Å². The summed E-state index contributed by atoms with van der Waals surface area (Å²) in [6, 6.07) is 3.61. The maximum absolute atomic E-state index is 10.8. The Morgan fingerprint density at radius 1 is 1.38 bits per heavy atom. The number of hydrogen-bond donors (Lipinski definition) is 2. The number of anilines is 1. The Kier molecular flexibility index (Phi) is 2.56. The van der Waals surface area contributed by atoms with Gasteiger partial charge in [0, 0.05) is 12.7 Å². The summed E-state index contributed by atoms with van der Waals surface area (Å²) in [5.41, 5.74) is 2.97.